The van der Waals surface area contributed by atoms with Gasteiger partial charge in [0.1, 0.15) is 0 Å². The van der Waals surface area contributed by atoms with Gasteiger partial charge in [0.05, 0.1) is 4.88 Å². The van der Waals surface area contributed by atoms with E-state index in [9.17, 15) is 4.79 Å². The van der Waals surface area contributed by atoms with Gasteiger partial charge in [-0.3, -0.25) is 4.79 Å². The minimum Gasteiger partial charge on any atom is -0.349 e. The van der Waals surface area contributed by atoms with E-state index in [4.69, 9.17) is 0 Å². The van der Waals surface area contributed by atoms with Crippen molar-refractivity contribution in [1.29, 1.82) is 0 Å². The first kappa shape index (κ1) is 13.6. The maximum absolute atomic E-state index is 12.2. The van der Waals surface area contributed by atoms with Crippen molar-refractivity contribution in [3.05, 3.63) is 21.4 Å². The van der Waals surface area contributed by atoms with E-state index in [0.717, 1.165) is 30.1 Å². The lowest BCUT2D eigenvalue weighted by Gasteiger charge is -2.26. The topological polar surface area (TPSA) is 29.1 Å². The minimum atomic E-state index is 0.127. The molecule has 3 heteroatoms. The quantitative estimate of drug-likeness (QED) is 0.881. The maximum atomic E-state index is 12.2. The van der Waals surface area contributed by atoms with Crippen LogP contribution in [0.3, 0.4) is 0 Å². The Kier molecular flexibility index (Phi) is 4.44. The normalized spacial score (nSPS) is 23.9. The largest absolute Gasteiger partial charge is 0.349 e. The van der Waals surface area contributed by atoms with Gasteiger partial charge in [0, 0.05) is 10.9 Å². The number of thiophene rings is 1. The van der Waals surface area contributed by atoms with Crippen LogP contribution in [0.5, 0.6) is 0 Å². The zero-order valence-electron chi connectivity index (χ0n) is 11.6. The SMILES string of the molecule is CCc1cc(C(=O)NC2CCC(C)CC2)sc1C. The number of rotatable bonds is 3. The molecule has 1 fully saturated rings. The van der Waals surface area contributed by atoms with Gasteiger partial charge in [-0.25, -0.2) is 0 Å². The summed E-state index contributed by atoms with van der Waals surface area (Å²) >= 11 is 1.62. The summed E-state index contributed by atoms with van der Waals surface area (Å²) < 4.78 is 0. The first-order valence-corrected chi connectivity index (χ1v) is 7.82. The molecule has 1 aromatic heterocycles. The smallest absolute Gasteiger partial charge is 0.261 e. The number of aryl methyl sites for hydroxylation is 2. The molecule has 0 spiro atoms. The lowest BCUT2D eigenvalue weighted by Crippen LogP contribution is -2.36. The van der Waals surface area contributed by atoms with Crippen molar-refractivity contribution in [3.8, 4) is 0 Å². The lowest BCUT2D eigenvalue weighted by atomic mass is 9.87. The molecular formula is C15H23NOS. The summed E-state index contributed by atoms with van der Waals surface area (Å²) in [6, 6.07) is 2.45. The van der Waals surface area contributed by atoms with Gasteiger partial charge >= 0.3 is 0 Å². The Morgan fingerprint density at radius 3 is 2.61 bits per heavy atom. The van der Waals surface area contributed by atoms with Crippen LogP contribution in [-0.4, -0.2) is 11.9 Å². The third kappa shape index (κ3) is 3.14. The highest BCUT2D eigenvalue weighted by molar-refractivity contribution is 7.14. The van der Waals surface area contributed by atoms with Gasteiger partial charge in [0.2, 0.25) is 0 Å². The molecule has 0 unspecified atom stereocenters. The van der Waals surface area contributed by atoms with Crippen molar-refractivity contribution in [2.75, 3.05) is 0 Å². The van der Waals surface area contributed by atoms with Crippen molar-refractivity contribution in [3.63, 3.8) is 0 Å². The average molecular weight is 265 g/mol. The molecule has 18 heavy (non-hydrogen) atoms. The molecule has 2 nitrogen and oxygen atoms in total. The lowest BCUT2D eigenvalue weighted by molar-refractivity contribution is 0.0927. The van der Waals surface area contributed by atoms with Crippen LogP contribution in [0.4, 0.5) is 0 Å². The third-order valence-electron chi connectivity index (χ3n) is 3.98. The van der Waals surface area contributed by atoms with E-state index >= 15 is 0 Å². The molecule has 0 bridgehead atoms. The van der Waals surface area contributed by atoms with Crippen LogP contribution in [0.15, 0.2) is 6.07 Å². The van der Waals surface area contributed by atoms with E-state index in [1.165, 1.54) is 23.3 Å². The second-order valence-electron chi connectivity index (χ2n) is 5.48. The van der Waals surface area contributed by atoms with E-state index in [2.05, 4.69) is 32.2 Å². The van der Waals surface area contributed by atoms with Crippen molar-refractivity contribution in [2.24, 2.45) is 5.92 Å². The molecular weight excluding hydrogens is 242 g/mol. The Balaban J connectivity index is 1.94. The van der Waals surface area contributed by atoms with Crippen LogP contribution in [-0.2, 0) is 6.42 Å². The van der Waals surface area contributed by atoms with E-state index in [1.807, 2.05) is 0 Å². The predicted molar refractivity (Wildman–Crippen MR) is 77.3 cm³/mol. The molecule has 2 rings (SSSR count). The Morgan fingerprint density at radius 1 is 1.39 bits per heavy atom. The number of carbonyl (C=O) groups excluding carboxylic acids is 1. The molecule has 0 aromatic carbocycles. The Hall–Kier alpha value is -0.830. The fourth-order valence-corrected chi connectivity index (χ4v) is 3.66. The average Bonchev–Trinajstić information content (AvgIpc) is 2.73. The van der Waals surface area contributed by atoms with Crippen LogP contribution in [0, 0.1) is 12.8 Å². The van der Waals surface area contributed by atoms with Gasteiger partial charge in [0.25, 0.3) is 5.91 Å². The van der Waals surface area contributed by atoms with Crippen molar-refractivity contribution >= 4 is 17.2 Å². The predicted octanol–water partition coefficient (Wildman–Crippen LogP) is 3.93. The van der Waals surface area contributed by atoms with Crippen molar-refractivity contribution in [2.45, 2.75) is 58.9 Å². The standard InChI is InChI=1S/C15H23NOS/c1-4-12-9-14(18-11(12)3)15(17)16-13-7-5-10(2)6-8-13/h9-10,13H,4-8H2,1-3H3,(H,16,17). The number of amides is 1. The van der Waals surface area contributed by atoms with Crippen molar-refractivity contribution < 1.29 is 4.79 Å². The van der Waals surface area contributed by atoms with Crippen LogP contribution < -0.4 is 5.32 Å². The number of nitrogens with one attached hydrogen (secondary N) is 1. The van der Waals surface area contributed by atoms with Crippen molar-refractivity contribution in [1.82, 2.24) is 5.32 Å². The number of hydrogen-bond acceptors (Lipinski definition) is 2. The zero-order chi connectivity index (χ0) is 13.1. The molecule has 0 radical (unpaired) electrons. The molecule has 1 aliphatic carbocycles. The molecule has 1 amide bonds. The van der Waals surface area contributed by atoms with Crippen LogP contribution in [0.25, 0.3) is 0 Å². The van der Waals surface area contributed by atoms with Crippen LogP contribution in [0.1, 0.15) is 59.6 Å². The number of hydrogen-bond donors (Lipinski definition) is 1. The van der Waals surface area contributed by atoms with E-state index in [0.29, 0.717) is 6.04 Å². The van der Waals surface area contributed by atoms with E-state index < -0.39 is 0 Å². The molecule has 0 aliphatic heterocycles. The summed E-state index contributed by atoms with van der Waals surface area (Å²) in [5.41, 5.74) is 1.31. The fourth-order valence-electron chi connectivity index (χ4n) is 2.64. The fraction of sp³-hybridized carbons (Fsp3) is 0.667. The summed E-state index contributed by atoms with van der Waals surface area (Å²) in [6.45, 7) is 6.54. The molecule has 0 saturated heterocycles. The minimum absolute atomic E-state index is 0.127. The van der Waals surface area contributed by atoms with Gasteiger partial charge in [-0.15, -0.1) is 11.3 Å². The number of carbonyl (C=O) groups is 1. The van der Waals surface area contributed by atoms with Gasteiger partial charge in [-0.1, -0.05) is 13.8 Å². The second kappa shape index (κ2) is 5.87. The van der Waals surface area contributed by atoms with Gasteiger partial charge in [0.15, 0.2) is 0 Å². The van der Waals surface area contributed by atoms with Crippen LogP contribution in [0.2, 0.25) is 0 Å². The summed E-state index contributed by atoms with van der Waals surface area (Å²) in [5, 5.41) is 3.19. The first-order valence-electron chi connectivity index (χ1n) is 7.00. The molecule has 1 N–H and O–H groups in total. The summed E-state index contributed by atoms with van der Waals surface area (Å²) in [7, 11) is 0. The maximum Gasteiger partial charge on any atom is 0.261 e. The summed E-state index contributed by atoms with van der Waals surface area (Å²) in [6.07, 6.45) is 5.77. The van der Waals surface area contributed by atoms with E-state index in [1.54, 1.807) is 11.3 Å². The molecule has 1 aromatic rings. The monoisotopic (exact) mass is 265 g/mol. The molecule has 1 heterocycles. The third-order valence-corrected chi connectivity index (χ3v) is 5.07. The highest BCUT2D eigenvalue weighted by atomic mass is 32.1. The van der Waals surface area contributed by atoms with Gasteiger partial charge in [-0.2, -0.15) is 0 Å². The molecule has 0 atom stereocenters. The Bertz CT molecular complexity index is 416. The zero-order valence-corrected chi connectivity index (χ0v) is 12.4. The van der Waals surface area contributed by atoms with Gasteiger partial charge < -0.3 is 5.32 Å². The Morgan fingerprint density at radius 2 is 2.06 bits per heavy atom. The van der Waals surface area contributed by atoms with Crippen LogP contribution >= 0.6 is 11.3 Å². The molecule has 1 aliphatic rings. The van der Waals surface area contributed by atoms with Gasteiger partial charge in [-0.05, 0) is 56.6 Å². The van der Waals surface area contributed by atoms with E-state index in [-0.39, 0.29) is 5.91 Å². The highest BCUT2D eigenvalue weighted by Crippen LogP contribution is 2.25. The highest BCUT2D eigenvalue weighted by Gasteiger charge is 2.21. The summed E-state index contributed by atoms with van der Waals surface area (Å²) in [5.74, 6) is 0.955. The Labute approximate surface area is 114 Å². The summed E-state index contributed by atoms with van der Waals surface area (Å²) in [4.78, 5) is 14.3. The first-order chi connectivity index (χ1) is 8.60. The molecule has 100 valence electrons. The molecule has 1 saturated carbocycles. The second-order valence-corrected chi connectivity index (χ2v) is 6.73.